The van der Waals surface area contributed by atoms with Crippen LogP contribution in [-0.4, -0.2) is 35.3 Å². The number of amides is 1. The Morgan fingerprint density at radius 1 is 1.20 bits per heavy atom. The highest BCUT2D eigenvalue weighted by Gasteiger charge is 2.18. The third-order valence-corrected chi connectivity index (χ3v) is 6.02. The van der Waals surface area contributed by atoms with Gasteiger partial charge in [-0.15, -0.1) is 23.1 Å². The van der Waals surface area contributed by atoms with Crippen LogP contribution in [0.1, 0.15) is 6.92 Å². The van der Waals surface area contributed by atoms with Crippen molar-refractivity contribution in [2.45, 2.75) is 17.1 Å². The second kappa shape index (κ2) is 9.59. The van der Waals surface area contributed by atoms with Gasteiger partial charge in [0.25, 0.3) is 5.69 Å². The summed E-state index contributed by atoms with van der Waals surface area (Å²) in [6.45, 7) is 1.77. The molecule has 0 radical (unpaired) electrons. The molecule has 0 aliphatic rings. The molecular weight excluding hydrogens is 426 g/mol. The minimum atomic E-state index is -0.456. The Bertz CT molecular complexity index is 1050. The summed E-state index contributed by atoms with van der Waals surface area (Å²) < 4.78 is 10.6. The molecule has 0 aliphatic carbocycles. The number of carbonyl (C=O) groups excluding carboxylic acids is 1. The smallest absolute Gasteiger partial charge is 0.269 e. The minimum absolute atomic E-state index is 0.0146. The molecule has 1 heterocycles. The molecule has 1 N–H and O–H groups in total. The first-order chi connectivity index (χ1) is 14.4. The Hall–Kier alpha value is -3.11. The summed E-state index contributed by atoms with van der Waals surface area (Å²) in [5, 5.41) is 15.5. The lowest BCUT2D eigenvalue weighted by Crippen LogP contribution is -2.22. The SMILES string of the molecule is COc1ccc(-c2csc(NC(=O)C(C)Sc3ccc([N+](=O)[O-])cc3)n2)c(OC)c1. The molecule has 2 aromatic carbocycles. The van der Waals surface area contributed by atoms with Gasteiger partial charge < -0.3 is 14.8 Å². The molecular formula is C20H19N3O5S2. The van der Waals surface area contributed by atoms with Gasteiger partial charge in [0, 0.05) is 34.0 Å². The summed E-state index contributed by atoms with van der Waals surface area (Å²) in [4.78, 5) is 28.1. The number of aromatic nitrogens is 1. The lowest BCUT2D eigenvalue weighted by atomic mass is 10.1. The van der Waals surface area contributed by atoms with Crippen LogP contribution in [0.3, 0.4) is 0 Å². The third-order valence-electron chi connectivity index (χ3n) is 4.15. The number of ether oxygens (including phenoxy) is 2. The summed E-state index contributed by atoms with van der Waals surface area (Å²) >= 11 is 2.63. The van der Waals surface area contributed by atoms with Crippen molar-refractivity contribution in [3.63, 3.8) is 0 Å². The highest BCUT2D eigenvalue weighted by molar-refractivity contribution is 8.00. The molecule has 1 aromatic heterocycles. The molecule has 0 bridgehead atoms. The van der Waals surface area contributed by atoms with E-state index in [0.29, 0.717) is 22.3 Å². The fourth-order valence-electron chi connectivity index (χ4n) is 2.58. The fraction of sp³-hybridized carbons (Fsp3) is 0.200. The van der Waals surface area contributed by atoms with E-state index in [9.17, 15) is 14.9 Å². The Labute approximate surface area is 181 Å². The van der Waals surface area contributed by atoms with Crippen molar-refractivity contribution in [1.29, 1.82) is 0 Å². The van der Waals surface area contributed by atoms with Gasteiger partial charge in [0.05, 0.1) is 30.1 Å². The summed E-state index contributed by atoms with van der Waals surface area (Å²) in [7, 11) is 3.16. The van der Waals surface area contributed by atoms with Crippen LogP contribution >= 0.6 is 23.1 Å². The Balaban J connectivity index is 1.66. The lowest BCUT2D eigenvalue weighted by molar-refractivity contribution is -0.384. The summed E-state index contributed by atoms with van der Waals surface area (Å²) in [6, 6.07) is 11.5. The summed E-state index contributed by atoms with van der Waals surface area (Å²) in [6.07, 6.45) is 0. The normalized spacial score (nSPS) is 11.6. The first-order valence-corrected chi connectivity index (χ1v) is 10.6. The predicted octanol–water partition coefficient (Wildman–Crippen LogP) is 4.85. The average molecular weight is 446 g/mol. The second-order valence-corrected chi connectivity index (χ2v) is 8.38. The van der Waals surface area contributed by atoms with Gasteiger partial charge in [-0.25, -0.2) is 4.98 Å². The van der Waals surface area contributed by atoms with Crippen molar-refractivity contribution in [3.8, 4) is 22.8 Å². The molecule has 0 fully saturated rings. The molecule has 0 aliphatic heterocycles. The standard InChI is InChI=1S/C20H19N3O5S2/c1-12(30-15-7-4-13(5-8-15)23(25)26)19(24)22-20-21-17(11-29-20)16-9-6-14(27-2)10-18(16)28-3/h4-12H,1-3H3,(H,21,22,24). The topological polar surface area (TPSA) is 104 Å². The van der Waals surface area contributed by atoms with E-state index in [2.05, 4.69) is 10.3 Å². The van der Waals surface area contributed by atoms with Crippen molar-refractivity contribution >= 4 is 39.8 Å². The van der Waals surface area contributed by atoms with Gasteiger partial charge in [-0.3, -0.25) is 14.9 Å². The van der Waals surface area contributed by atoms with Gasteiger partial charge in [0.15, 0.2) is 5.13 Å². The van der Waals surface area contributed by atoms with Crippen molar-refractivity contribution in [1.82, 2.24) is 4.98 Å². The van der Waals surface area contributed by atoms with E-state index in [1.807, 2.05) is 17.5 Å². The number of nitrogens with one attached hydrogen (secondary N) is 1. The number of benzene rings is 2. The molecule has 3 rings (SSSR count). The van der Waals surface area contributed by atoms with Crippen LogP contribution < -0.4 is 14.8 Å². The number of anilines is 1. The van der Waals surface area contributed by atoms with Crippen molar-refractivity contribution in [3.05, 3.63) is 58.0 Å². The Morgan fingerprint density at radius 3 is 2.57 bits per heavy atom. The lowest BCUT2D eigenvalue weighted by Gasteiger charge is -2.10. The zero-order chi connectivity index (χ0) is 21.7. The van der Waals surface area contributed by atoms with Crippen LogP contribution in [0, 0.1) is 10.1 Å². The van der Waals surface area contributed by atoms with Crippen LogP contribution in [0.25, 0.3) is 11.3 Å². The third kappa shape index (κ3) is 5.08. The maximum absolute atomic E-state index is 12.5. The van der Waals surface area contributed by atoms with E-state index >= 15 is 0 Å². The minimum Gasteiger partial charge on any atom is -0.497 e. The number of thiazole rings is 1. The fourth-order valence-corrected chi connectivity index (χ4v) is 4.16. The summed E-state index contributed by atoms with van der Waals surface area (Å²) in [5.74, 6) is 1.09. The van der Waals surface area contributed by atoms with Crippen LogP contribution in [0.15, 0.2) is 52.7 Å². The molecule has 0 saturated carbocycles. The molecule has 0 saturated heterocycles. The van der Waals surface area contributed by atoms with Crippen LogP contribution in [0.4, 0.5) is 10.8 Å². The molecule has 8 nitrogen and oxygen atoms in total. The summed E-state index contributed by atoms with van der Waals surface area (Å²) in [5.41, 5.74) is 1.49. The Kier molecular flexibility index (Phi) is 6.91. The number of methoxy groups -OCH3 is 2. The quantitative estimate of drug-likeness (QED) is 0.300. The number of carbonyl (C=O) groups is 1. The van der Waals surface area contributed by atoms with E-state index in [-0.39, 0.29) is 11.6 Å². The van der Waals surface area contributed by atoms with Gasteiger partial charge in [-0.05, 0) is 31.2 Å². The van der Waals surface area contributed by atoms with E-state index in [1.165, 1.54) is 35.2 Å². The highest BCUT2D eigenvalue weighted by atomic mass is 32.2. The number of rotatable bonds is 8. The van der Waals surface area contributed by atoms with Crippen molar-refractivity contribution in [2.75, 3.05) is 19.5 Å². The molecule has 0 spiro atoms. The van der Waals surface area contributed by atoms with E-state index in [4.69, 9.17) is 9.47 Å². The van der Waals surface area contributed by atoms with Crippen molar-refractivity contribution in [2.24, 2.45) is 0 Å². The number of hydrogen-bond donors (Lipinski definition) is 1. The number of hydrogen-bond acceptors (Lipinski definition) is 8. The number of nitrogens with zero attached hydrogens (tertiary/aromatic N) is 2. The van der Waals surface area contributed by atoms with Gasteiger partial charge in [0.2, 0.25) is 5.91 Å². The van der Waals surface area contributed by atoms with Crippen molar-refractivity contribution < 1.29 is 19.2 Å². The number of nitro groups is 1. The molecule has 1 amide bonds. The number of non-ortho nitro benzene ring substituents is 1. The highest BCUT2D eigenvalue weighted by Crippen LogP contribution is 2.35. The van der Waals surface area contributed by atoms with E-state index < -0.39 is 10.2 Å². The van der Waals surface area contributed by atoms with Gasteiger partial charge >= 0.3 is 0 Å². The zero-order valence-electron chi connectivity index (χ0n) is 16.4. The maximum atomic E-state index is 12.5. The van der Waals surface area contributed by atoms with E-state index in [1.54, 1.807) is 39.3 Å². The molecule has 1 atom stereocenters. The Morgan fingerprint density at radius 2 is 1.93 bits per heavy atom. The molecule has 3 aromatic rings. The van der Waals surface area contributed by atoms with E-state index in [0.717, 1.165) is 10.5 Å². The molecule has 10 heteroatoms. The van der Waals surface area contributed by atoms with Crippen LogP contribution in [0.5, 0.6) is 11.5 Å². The second-order valence-electron chi connectivity index (χ2n) is 6.10. The largest absolute Gasteiger partial charge is 0.497 e. The van der Waals surface area contributed by atoms with Gasteiger partial charge in [0.1, 0.15) is 11.5 Å². The maximum Gasteiger partial charge on any atom is 0.269 e. The number of thioether (sulfide) groups is 1. The van der Waals surface area contributed by atoms with Gasteiger partial charge in [-0.1, -0.05) is 0 Å². The first-order valence-electron chi connectivity index (χ1n) is 8.81. The average Bonchev–Trinajstić information content (AvgIpc) is 3.21. The van der Waals surface area contributed by atoms with Crippen LogP contribution in [-0.2, 0) is 4.79 Å². The molecule has 1 unspecified atom stereocenters. The van der Waals surface area contributed by atoms with Crippen LogP contribution in [0.2, 0.25) is 0 Å². The zero-order valence-corrected chi connectivity index (χ0v) is 18.1. The predicted molar refractivity (Wildman–Crippen MR) is 118 cm³/mol. The molecule has 156 valence electrons. The molecule has 30 heavy (non-hydrogen) atoms. The number of nitro benzene ring substituents is 1. The monoisotopic (exact) mass is 445 g/mol. The van der Waals surface area contributed by atoms with Gasteiger partial charge in [-0.2, -0.15) is 0 Å². The first kappa shape index (κ1) is 21.6.